The maximum atomic E-state index is 12.5. The molecule has 0 bridgehead atoms. The Morgan fingerprint density at radius 1 is 1.50 bits per heavy atom. The molecule has 2 aromatic heterocycles. The first-order valence-electron chi connectivity index (χ1n) is 6.93. The fourth-order valence-corrected chi connectivity index (χ4v) is 3.20. The molecule has 1 unspecified atom stereocenters. The van der Waals surface area contributed by atoms with Crippen LogP contribution < -0.4 is 5.56 Å². The summed E-state index contributed by atoms with van der Waals surface area (Å²) in [6, 6.07) is 1.42. The van der Waals surface area contributed by atoms with Crippen LogP contribution in [-0.2, 0) is 4.74 Å². The molecule has 1 atom stereocenters. The first-order valence-corrected chi connectivity index (χ1v) is 7.81. The Hall–Kier alpha value is -2.06. The minimum absolute atomic E-state index is 0.0464. The Bertz CT molecular complexity index is 755. The smallest absolute Gasteiger partial charge is 0.266 e. The highest BCUT2D eigenvalue weighted by Gasteiger charge is 2.28. The van der Waals surface area contributed by atoms with E-state index in [1.54, 1.807) is 17.3 Å². The Labute approximate surface area is 131 Å². The normalized spacial score (nSPS) is 18.5. The lowest BCUT2D eigenvalue weighted by Gasteiger charge is -2.32. The van der Waals surface area contributed by atoms with Gasteiger partial charge in [-0.05, 0) is 13.8 Å². The molecule has 0 spiro atoms. The molecule has 3 rings (SSSR count). The van der Waals surface area contributed by atoms with Crippen molar-refractivity contribution in [3.05, 3.63) is 44.0 Å². The monoisotopic (exact) mass is 320 g/mol. The number of morpholine rings is 1. The molecule has 1 fully saturated rings. The van der Waals surface area contributed by atoms with Gasteiger partial charge < -0.3 is 14.6 Å². The van der Waals surface area contributed by atoms with E-state index in [1.165, 1.54) is 17.4 Å². The third kappa shape index (κ3) is 2.93. The highest BCUT2D eigenvalue weighted by Crippen LogP contribution is 2.23. The lowest BCUT2D eigenvalue weighted by Crippen LogP contribution is -2.42. The quantitative estimate of drug-likeness (QED) is 0.894. The van der Waals surface area contributed by atoms with Gasteiger partial charge in [-0.2, -0.15) is 0 Å². The number of H-pyrrole nitrogens is 1. The summed E-state index contributed by atoms with van der Waals surface area (Å²) in [6.07, 6.45) is -0.382. The number of hydrogen-bond acceptors (Lipinski definition) is 6. The van der Waals surface area contributed by atoms with Gasteiger partial charge in [-0.15, -0.1) is 11.3 Å². The Morgan fingerprint density at radius 2 is 2.32 bits per heavy atom. The number of thiazole rings is 1. The van der Waals surface area contributed by atoms with Crippen molar-refractivity contribution in [2.24, 2.45) is 0 Å². The summed E-state index contributed by atoms with van der Waals surface area (Å²) in [7, 11) is 0. The maximum Gasteiger partial charge on any atom is 0.266 e. The summed E-state index contributed by atoms with van der Waals surface area (Å²) >= 11 is 1.34. The number of aryl methyl sites for hydroxylation is 2. The van der Waals surface area contributed by atoms with E-state index in [4.69, 9.17) is 4.74 Å². The predicted octanol–water partition coefficient (Wildman–Crippen LogP) is 1.06. The third-order valence-corrected chi connectivity index (χ3v) is 4.42. The Kier molecular flexibility index (Phi) is 4.04. The van der Waals surface area contributed by atoms with Gasteiger partial charge in [-0.25, -0.2) is 9.97 Å². The first kappa shape index (κ1) is 14.9. The van der Waals surface area contributed by atoms with Crippen LogP contribution >= 0.6 is 11.3 Å². The average Bonchev–Trinajstić information content (AvgIpc) is 2.92. The molecule has 1 aliphatic rings. The molecule has 0 aromatic carbocycles. The fourth-order valence-electron chi connectivity index (χ4n) is 2.43. The predicted molar refractivity (Wildman–Crippen MR) is 81.0 cm³/mol. The summed E-state index contributed by atoms with van der Waals surface area (Å²) in [6.45, 7) is 4.86. The van der Waals surface area contributed by atoms with Crippen LogP contribution in [0, 0.1) is 13.8 Å². The van der Waals surface area contributed by atoms with E-state index in [0.717, 1.165) is 5.69 Å². The molecule has 2 aromatic rings. The summed E-state index contributed by atoms with van der Waals surface area (Å²) in [4.78, 5) is 37.5. The van der Waals surface area contributed by atoms with E-state index >= 15 is 0 Å². The number of carbonyl (C=O) groups excluding carboxylic acids is 1. The van der Waals surface area contributed by atoms with Crippen molar-refractivity contribution in [2.75, 3.05) is 19.7 Å². The first-order chi connectivity index (χ1) is 10.5. The van der Waals surface area contributed by atoms with E-state index in [2.05, 4.69) is 15.0 Å². The summed E-state index contributed by atoms with van der Waals surface area (Å²) < 4.78 is 5.68. The zero-order valence-corrected chi connectivity index (χ0v) is 13.1. The Balaban J connectivity index is 1.81. The molecule has 7 nitrogen and oxygen atoms in total. The summed E-state index contributed by atoms with van der Waals surface area (Å²) in [5.74, 6) is 0.489. The second-order valence-corrected chi connectivity index (χ2v) is 5.99. The summed E-state index contributed by atoms with van der Waals surface area (Å²) in [5, 5.41) is 0. The van der Waals surface area contributed by atoms with Crippen LogP contribution in [0.3, 0.4) is 0 Å². The van der Waals surface area contributed by atoms with Crippen LogP contribution in [0.4, 0.5) is 0 Å². The zero-order valence-electron chi connectivity index (χ0n) is 12.3. The molecule has 3 heterocycles. The van der Waals surface area contributed by atoms with Gasteiger partial charge in [0.25, 0.3) is 11.5 Å². The van der Waals surface area contributed by atoms with E-state index in [-0.39, 0.29) is 17.6 Å². The lowest BCUT2D eigenvalue weighted by atomic mass is 10.2. The second kappa shape index (κ2) is 5.98. The van der Waals surface area contributed by atoms with Crippen LogP contribution in [0.15, 0.2) is 16.4 Å². The van der Waals surface area contributed by atoms with Crippen LogP contribution in [0.25, 0.3) is 0 Å². The molecule has 1 N–H and O–H groups in total. The van der Waals surface area contributed by atoms with Crippen molar-refractivity contribution in [1.82, 2.24) is 19.9 Å². The minimum atomic E-state index is -0.382. The lowest BCUT2D eigenvalue weighted by molar-refractivity contribution is -0.0247. The van der Waals surface area contributed by atoms with E-state index < -0.39 is 0 Å². The van der Waals surface area contributed by atoms with Crippen molar-refractivity contribution >= 4 is 17.2 Å². The van der Waals surface area contributed by atoms with Gasteiger partial charge in [-0.1, -0.05) is 0 Å². The SMILES string of the molecule is Cc1nc(C2CN(C(=O)c3scnc3C)CCO2)cc(=O)[nH]1. The molecular weight excluding hydrogens is 304 g/mol. The van der Waals surface area contributed by atoms with Crippen molar-refractivity contribution in [2.45, 2.75) is 20.0 Å². The van der Waals surface area contributed by atoms with E-state index in [0.29, 0.717) is 36.1 Å². The standard InChI is InChI=1S/C14H16N4O3S/c1-8-13(22-7-15-8)14(20)18-3-4-21-11(6-18)10-5-12(19)17-9(2)16-10/h5,7,11H,3-4,6H2,1-2H3,(H,16,17,19). The van der Waals surface area contributed by atoms with Gasteiger partial charge in [0, 0.05) is 12.6 Å². The second-order valence-electron chi connectivity index (χ2n) is 5.13. The number of carbonyl (C=O) groups is 1. The number of hydrogen-bond donors (Lipinski definition) is 1. The molecular formula is C14H16N4O3S. The van der Waals surface area contributed by atoms with E-state index in [9.17, 15) is 9.59 Å². The van der Waals surface area contributed by atoms with Gasteiger partial charge >= 0.3 is 0 Å². The van der Waals surface area contributed by atoms with E-state index in [1.807, 2.05) is 6.92 Å². The number of nitrogens with zero attached hydrogens (tertiary/aromatic N) is 3. The van der Waals surface area contributed by atoms with Crippen LogP contribution in [0.2, 0.25) is 0 Å². The molecule has 1 aliphatic heterocycles. The summed E-state index contributed by atoms with van der Waals surface area (Å²) in [5.41, 5.74) is 2.75. The molecule has 0 aliphatic carbocycles. The Morgan fingerprint density at radius 3 is 3.00 bits per heavy atom. The van der Waals surface area contributed by atoms with Crippen molar-refractivity contribution in [3.8, 4) is 0 Å². The number of aromatic amines is 1. The van der Waals surface area contributed by atoms with Crippen LogP contribution in [-0.4, -0.2) is 45.5 Å². The molecule has 116 valence electrons. The topological polar surface area (TPSA) is 88.2 Å². The van der Waals surface area contributed by atoms with Gasteiger partial charge in [-0.3, -0.25) is 9.59 Å². The number of amides is 1. The maximum absolute atomic E-state index is 12.5. The largest absolute Gasteiger partial charge is 0.368 e. The van der Waals surface area contributed by atoms with Crippen molar-refractivity contribution in [3.63, 3.8) is 0 Å². The highest BCUT2D eigenvalue weighted by molar-refractivity contribution is 7.11. The average molecular weight is 320 g/mol. The number of rotatable bonds is 2. The number of ether oxygens (including phenoxy) is 1. The van der Waals surface area contributed by atoms with Crippen LogP contribution in [0.1, 0.15) is 33.0 Å². The zero-order chi connectivity index (χ0) is 15.7. The van der Waals surface area contributed by atoms with Crippen LogP contribution in [0.5, 0.6) is 0 Å². The van der Waals surface area contributed by atoms with Crippen molar-refractivity contribution in [1.29, 1.82) is 0 Å². The minimum Gasteiger partial charge on any atom is -0.368 e. The highest BCUT2D eigenvalue weighted by atomic mass is 32.1. The van der Waals surface area contributed by atoms with Gasteiger partial charge in [0.15, 0.2) is 0 Å². The molecule has 8 heteroatoms. The molecule has 1 saturated heterocycles. The molecule has 0 radical (unpaired) electrons. The number of aromatic nitrogens is 3. The van der Waals surface area contributed by atoms with Gasteiger partial charge in [0.2, 0.25) is 0 Å². The number of nitrogens with one attached hydrogen (secondary N) is 1. The third-order valence-electron chi connectivity index (χ3n) is 3.50. The fraction of sp³-hybridized carbons (Fsp3) is 0.429. The molecule has 1 amide bonds. The van der Waals surface area contributed by atoms with Gasteiger partial charge in [0.1, 0.15) is 16.8 Å². The van der Waals surface area contributed by atoms with Gasteiger partial charge in [0.05, 0.1) is 30.1 Å². The van der Waals surface area contributed by atoms with Crippen molar-refractivity contribution < 1.29 is 9.53 Å². The molecule has 0 saturated carbocycles. The molecule has 22 heavy (non-hydrogen) atoms.